The van der Waals surface area contributed by atoms with Gasteiger partial charge in [0, 0.05) is 44.3 Å². The molecular weight excluding hydrogens is 450 g/mol. The number of pyridine rings is 1. The highest BCUT2D eigenvalue weighted by Crippen LogP contribution is 2.40. The molecule has 0 bridgehead atoms. The summed E-state index contributed by atoms with van der Waals surface area (Å²) in [6.45, 7) is 7.00. The van der Waals surface area contributed by atoms with Gasteiger partial charge in [0.25, 0.3) is 0 Å². The van der Waals surface area contributed by atoms with E-state index in [2.05, 4.69) is 15.2 Å². The molecule has 188 valence electrons. The topological polar surface area (TPSA) is 91.4 Å². The van der Waals surface area contributed by atoms with Crippen LogP contribution in [0.4, 0.5) is 0 Å². The minimum absolute atomic E-state index is 0.00918. The summed E-state index contributed by atoms with van der Waals surface area (Å²) in [6, 6.07) is 9.64. The second-order valence-electron chi connectivity index (χ2n) is 9.00. The summed E-state index contributed by atoms with van der Waals surface area (Å²) in [5.41, 5.74) is 1.63. The molecule has 1 amide bonds. The van der Waals surface area contributed by atoms with Gasteiger partial charge in [-0.05, 0) is 37.1 Å². The maximum Gasteiger partial charge on any atom is 0.223 e. The fourth-order valence-electron chi connectivity index (χ4n) is 4.50. The first-order chi connectivity index (χ1) is 17.3. The monoisotopic (exact) mass is 483 g/mol. The highest BCUT2D eigenvalue weighted by molar-refractivity contribution is 5.78. The third-order valence-electron chi connectivity index (χ3n) is 6.58. The number of benzene rings is 1. The summed E-state index contributed by atoms with van der Waals surface area (Å²) in [5, 5.41) is 3.02. The minimum atomic E-state index is -0.268. The van der Waals surface area contributed by atoms with E-state index in [4.69, 9.17) is 23.7 Å². The molecule has 0 aliphatic carbocycles. The van der Waals surface area contributed by atoms with Crippen molar-refractivity contribution in [1.29, 1.82) is 0 Å². The van der Waals surface area contributed by atoms with Crippen LogP contribution >= 0.6 is 0 Å². The Morgan fingerprint density at radius 1 is 1.09 bits per heavy atom. The van der Waals surface area contributed by atoms with Crippen LogP contribution in [0.15, 0.2) is 36.5 Å². The Bertz CT molecular complexity index is 974. The van der Waals surface area contributed by atoms with Crippen molar-refractivity contribution in [3.05, 3.63) is 36.5 Å². The van der Waals surface area contributed by atoms with Crippen molar-refractivity contribution >= 4 is 5.91 Å². The van der Waals surface area contributed by atoms with Crippen LogP contribution in [0.1, 0.15) is 12.8 Å². The van der Waals surface area contributed by atoms with Crippen LogP contribution in [0.5, 0.6) is 17.2 Å². The van der Waals surface area contributed by atoms with Gasteiger partial charge < -0.3 is 29.0 Å². The van der Waals surface area contributed by atoms with E-state index < -0.39 is 0 Å². The maximum absolute atomic E-state index is 12.5. The Labute approximate surface area is 205 Å². The number of aromatic nitrogens is 1. The van der Waals surface area contributed by atoms with Crippen molar-refractivity contribution in [2.75, 3.05) is 65.8 Å². The summed E-state index contributed by atoms with van der Waals surface area (Å²) in [6.07, 6.45) is 3.00. The number of nitrogens with zero attached hydrogens (tertiary/aromatic N) is 2. The number of morpholine rings is 1. The molecule has 1 unspecified atom stereocenters. The molecule has 9 nitrogen and oxygen atoms in total. The maximum atomic E-state index is 12.5. The Hall–Kier alpha value is -2.88. The molecule has 1 aromatic carbocycles. The molecule has 2 saturated heterocycles. The summed E-state index contributed by atoms with van der Waals surface area (Å²) in [4.78, 5) is 19.4. The second kappa shape index (κ2) is 11.7. The number of rotatable bonds is 8. The number of fused-ring (bicyclic) bond motifs is 1. The highest BCUT2D eigenvalue weighted by Gasteiger charge is 2.27. The molecule has 3 aliphatic rings. The van der Waals surface area contributed by atoms with Crippen LogP contribution in [0.25, 0.3) is 11.3 Å². The fourth-order valence-corrected chi connectivity index (χ4v) is 4.50. The first-order valence-corrected chi connectivity index (χ1v) is 12.4. The van der Waals surface area contributed by atoms with Crippen molar-refractivity contribution in [3.63, 3.8) is 0 Å². The Balaban J connectivity index is 1.17. The van der Waals surface area contributed by atoms with E-state index in [0.717, 1.165) is 62.7 Å². The summed E-state index contributed by atoms with van der Waals surface area (Å²) in [7, 11) is 0. The molecule has 3 aliphatic heterocycles. The van der Waals surface area contributed by atoms with Crippen molar-refractivity contribution in [1.82, 2.24) is 15.2 Å². The molecule has 1 aromatic heterocycles. The van der Waals surface area contributed by atoms with E-state index in [9.17, 15) is 4.79 Å². The van der Waals surface area contributed by atoms with Gasteiger partial charge in [0.2, 0.25) is 5.91 Å². The Morgan fingerprint density at radius 3 is 2.71 bits per heavy atom. The molecule has 0 radical (unpaired) electrons. The molecular formula is C26H33N3O6. The fraction of sp³-hybridized carbons (Fsp3) is 0.538. The van der Waals surface area contributed by atoms with Crippen LogP contribution in [0.2, 0.25) is 0 Å². The van der Waals surface area contributed by atoms with E-state index in [0.29, 0.717) is 44.5 Å². The number of carbonyl (C=O) groups is 1. The van der Waals surface area contributed by atoms with Gasteiger partial charge >= 0.3 is 0 Å². The summed E-state index contributed by atoms with van der Waals surface area (Å²) in [5.74, 6) is 2.13. The summed E-state index contributed by atoms with van der Waals surface area (Å²) < 4.78 is 28.8. The predicted molar refractivity (Wildman–Crippen MR) is 129 cm³/mol. The number of hydrogen-bond donors (Lipinski definition) is 1. The average molecular weight is 484 g/mol. The van der Waals surface area contributed by atoms with Gasteiger partial charge in [-0.2, -0.15) is 0 Å². The third-order valence-corrected chi connectivity index (χ3v) is 6.58. The zero-order valence-corrected chi connectivity index (χ0v) is 19.9. The van der Waals surface area contributed by atoms with Gasteiger partial charge in [-0.15, -0.1) is 0 Å². The van der Waals surface area contributed by atoms with Crippen LogP contribution in [-0.4, -0.2) is 87.7 Å². The standard InChI is InChI=1S/C26H33N3O6/c30-26(19-6-11-31-12-7-19)28-17-21-18-34-24-3-1-2-22(25(24)35-21)23-5-4-20(16-27-23)33-15-10-29-8-13-32-14-9-29/h1-5,16,19,21H,6-15,17-18H2,(H,28,30). The molecule has 4 heterocycles. The van der Waals surface area contributed by atoms with Crippen LogP contribution in [-0.2, 0) is 14.3 Å². The van der Waals surface area contributed by atoms with E-state index in [1.165, 1.54) is 0 Å². The second-order valence-corrected chi connectivity index (χ2v) is 9.00. The quantitative estimate of drug-likeness (QED) is 0.611. The Kier molecular flexibility index (Phi) is 7.97. The molecule has 0 saturated carbocycles. The number of hydrogen-bond acceptors (Lipinski definition) is 8. The number of amides is 1. The van der Waals surface area contributed by atoms with Gasteiger partial charge in [-0.3, -0.25) is 14.7 Å². The largest absolute Gasteiger partial charge is 0.491 e. The molecule has 2 fully saturated rings. The smallest absolute Gasteiger partial charge is 0.223 e. The SMILES string of the molecule is O=C(NCC1COc2cccc(-c3ccc(OCCN4CCOCC4)cn3)c2O1)C1CCOCC1. The predicted octanol–water partition coefficient (Wildman–Crippen LogP) is 2.14. The van der Waals surface area contributed by atoms with Crippen LogP contribution < -0.4 is 19.5 Å². The molecule has 0 spiro atoms. The van der Waals surface area contributed by atoms with Crippen molar-refractivity contribution < 1.29 is 28.5 Å². The lowest BCUT2D eigenvalue weighted by molar-refractivity contribution is -0.128. The average Bonchev–Trinajstić information content (AvgIpc) is 2.93. The van der Waals surface area contributed by atoms with Crippen LogP contribution in [0, 0.1) is 5.92 Å². The zero-order valence-electron chi connectivity index (χ0n) is 19.9. The first kappa shape index (κ1) is 23.8. The van der Waals surface area contributed by atoms with E-state index in [1.807, 2.05) is 30.3 Å². The summed E-state index contributed by atoms with van der Waals surface area (Å²) >= 11 is 0. The zero-order chi connectivity index (χ0) is 23.9. The van der Waals surface area contributed by atoms with Gasteiger partial charge in [0.15, 0.2) is 11.5 Å². The lowest BCUT2D eigenvalue weighted by Crippen LogP contribution is -2.43. The minimum Gasteiger partial charge on any atom is -0.491 e. The van der Waals surface area contributed by atoms with Crippen LogP contribution in [0.3, 0.4) is 0 Å². The molecule has 35 heavy (non-hydrogen) atoms. The number of ether oxygens (including phenoxy) is 5. The van der Waals surface area contributed by atoms with E-state index in [-0.39, 0.29) is 17.9 Å². The number of para-hydroxylation sites is 1. The van der Waals surface area contributed by atoms with Gasteiger partial charge in [-0.1, -0.05) is 6.07 Å². The first-order valence-electron chi connectivity index (χ1n) is 12.4. The van der Waals surface area contributed by atoms with Crippen molar-refractivity contribution in [3.8, 4) is 28.5 Å². The lowest BCUT2D eigenvalue weighted by Gasteiger charge is -2.29. The normalized spacial score (nSPS) is 20.9. The third kappa shape index (κ3) is 6.22. The molecule has 5 rings (SSSR count). The molecule has 2 aromatic rings. The van der Waals surface area contributed by atoms with Gasteiger partial charge in [0.05, 0.1) is 31.6 Å². The molecule has 1 atom stereocenters. The van der Waals surface area contributed by atoms with Crippen molar-refractivity contribution in [2.45, 2.75) is 18.9 Å². The number of carbonyl (C=O) groups excluding carboxylic acids is 1. The Morgan fingerprint density at radius 2 is 1.91 bits per heavy atom. The highest BCUT2D eigenvalue weighted by atomic mass is 16.6. The van der Waals surface area contributed by atoms with E-state index >= 15 is 0 Å². The van der Waals surface area contributed by atoms with E-state index in [1.54, 1.807) is 6.20 Å². The number of nitrogens with one attached hydrogen (secondary N) is 1. The molecule has 1 N–H and O–H groups in total. The van der Waals surface area contributed by atoms with Gasteiger partial charge in [-0.25, -0.2) is 0 Å². The van der Waals surface area contributed by atoms with Crippen molar-refractivity contribution in [2.24, 2.45) is 5.92 Å². The van der Waals surface area contributed by atoms with Gasteiger partial charge in [0.1, 0.15) is 25.1 Å². The lowest BCUT2D eigenvalue weighted by atomic mass is 9.99. The molecule has 9 heteroatoms.